The largest absolute Gasteiger partial charge is 0.290 e. The quantitative estimate of drug-likeness (QED) is 0.494. The molecule has 3 heteroatoms. The van der Waals surface area contributed by atoms with Gasteiger partial charge in [-0.3, -0.25) is 4.40 Å². The van der Waals surface area contributed by atoms with Crippen LogP contribution >= 0.6 is 11.3 Å². The highest BCUT2D eigenvalue weighted by atomic mass is 32.1. The monoisotopic (exact) mass is 264 g/mol. The maximum absolute atomic E-state index is 4.74. The van der Waals surface area contributed by atoms with Gasteiger partial charge in [0.1, 0.15) is 0 Å². The van der Waals surface area contributed by atoms with Crippen molar-refractivity contribution in [3.8, 4) is 11.3 Å². The Bertz CT molecular complexity index is 872. The van der Waals surface area contributed by atoms with E-state index >= 15 is 0 Å². The highest BCUT2D eigenvalue weighted by Gasteiger charge is 2.10. The van der Waals surface area contributed by atoms with E-state index in [1.165, 1.54) is 21.3 Å². The first-order chi connectivity index (χ1) is 9.33. The Kier molecular flexibility index (Phi) is 2.23. The fourth-order valence-electron chi connectivity index (χ4n) is 2.41. The van der Waals surface area contributed by atoms with Crippen molar-refractivity contribution in [1.29, 1.82) is 0 Å². The molecule has 0 bridgehead atoms. The molecule has 4 rings (SSSR count). The third-order valence-corrected chi connectivity index (χ3v) is 4.59. The van der Waals surface area contributed by atoms with Crippen molar-refractivity contribution in [2.75, 3.05) is 0 Å². The van der Waals surface area contributed by atoms with E-state index in [1.54, 1.807) is 11.3 Å². The average Bonchev–Trinajstić information content (AvgIpc) is 2.99. The van der Waals surface area contributed by atoms with E-state index in [1.807, 2.05) is 18.2 Å². The fraction of sp³-hybridized carbons (Fsp3) is 0.0625. The SMILES string of the molecule is Cc1cccc2c1sc1nc(-c3ccccc3)cn12. The third kappa shape index (κ3) is 1.59. The minimum absolute atomic E-state index is 1.04. The van der Waals surface area contributed by atoms with Gasteiger partial charge in [0.25, 0.3) is 0 Å². The number of nitrogens with zero attached hydrogens (tertiary/aromatic N) is 2. The highest BCUT2D eigenvalue weighted by molar-refractivity contribution is 7.23. The van der Waals surface area contributed by atoms with Gasteiger partial charge in [-0.1, -0.05) is 53.8 Å². The average molecular weight is 264 g/mol. The van der Waals surface area contributed by atoms with Crippen LogP contribution in [-0.2, 0) is 0 Å². The molecule has 0 aliphatic rings. The molecule has 0 saturated heterocycles. The van der Waals surface area contributed by atoms with E-state index in [2.05, 4.69) is 47.9 Å². The Morgan fingerprint density at radius 2 is 1.84 bits per heavy atom. The van der Waals surface area contributed by atoms with Crippen LogP contribution in [0.25, 0.3) is 26.4 Å². The lowest BCUT2D eigenvalue weighted by atomic mass is 10.2. The zero-order chi connectivity index (χ0) is 12.8. The number of imidazole rings is 1. The van der Waals surface area contributed by atoms with Crippen molar-refractivity contribution < 1.29 is 0 Å². The van der Waals surface area contributed by atoms with Gasteiger partial charge in [-0.15, -0.1) is 0 Å². The molecule has 0 radical (unpaired) electrons. The second-order valence-corrected chi connectivity index (χ2v) is 5.65. The van der Waals surface area contributed by atoms with E-state index in [-0.39, 0.29) is 0 Å². The molecule has 2 aromatic carbocycles. The third-order valence-electron chi connectivity index (χ3n) is 3.39. The van der Waals surface area contributed by atoms with Gasteiger partial charge < -0.3 is 0 Å². The first-order valence-electron chi connectivity index (χ1n) is 6.25. The first kappa shape index (κ1) is 10.8. The second kappa shape index (κ2) is 3.93. The molecule has 0 aliphatic carbocycles. The van der Waals surface area contributed by atoms with Crippen molar-refractivity contribution in [2.24, 2.45) is 0 Å². The van der Waals surface area contributed by atoms with Crippen LogP contribution in [-0.4, -0.2) is 9.38 Å². The van der Waals surface area contributed by atoms with Crippen molar-refractivity contribution in [3.05, 3.63) is 60.3 Å². The van der Waals surface area contributed by atoms with E-state index in [4.69, 9.17) is 4.98 Å². The second-order valence-electron chi connectivity index (χ2n) is 4.67. The van der Waals surface area contributed by atoms with E-state index in [0.29, 0.717) is 0 Å². The zero-order valence-electron chi connectivity index (χ0n) is 10.5. The van der Waals surface area contributed by atoms with Gasteiger partial charge in [-0.2, -0.15) is 0 Å². The number of benzene rings is 2. The summed E-state index contributed by atoms with van der Waals surface area (Å²) in [5, 5.41) is 0. The molecular formula is C16H12N2S. The minimum Gasteiger partial charge on any atom is -0.290 e. The molecule has 2 heterocycles. The minimum atomic E-state index is 1.04. The van der Waals surface area contributed by atoms with Crippen LogP contribution in [0, 0.1) is 6.92 Å². The number of aromatic nitrogens is 2. The molecular weight excluding hydrogens is 252 g/mol. The van der Waals surface area contributed by atoms with Gasteiger partial charge in [0, 0.05) is 11.8 Å². The zero-order valence-corrected chi connectivity index (χ0v) is 11.3. The lowest BCUT2D eigenvalue weighted by Crippen LogP contribution is -1.78. The van der Waals surface area contributed by atoms with Gasteiger partial charge in [0.15, 0.2) is 4.96 Å². The fourth-order valence-corrected chi connectivity index (χ4v) is 3.48. The number of aryl methyl sites for hydroxylation is 1. The van der Waals surface area contributed by atoms with E-state index in [9.17, 15) is 0 Å². The molecule has 19 heavy (non-hydrogen) atoms. The van der Waals surface area contributed by atoms with Crippen LogP contribution in [0.2, 0.25) is 0 Å². The molecule has 2 nitrogen and oxygen atoms in total. The number of thiazole rings is 1. The van der Waals surface area contributed by atoms with Crippen LogP contribution < -0.4 is 0 Å². The Labute approximate surface area is 115 Å². The molecule has 0 saturated carbocycles. The standard InChI is InChI=1S/C16H12N2S/c1-11-6-5-9-14-15(11)19-16-17-13(10-18(14)16)12-7-3-2-4-8-12/h2-10H,1H3. The first-order valence-corrected chi connectivity index (χ1v) is 7.07. The Hall–Kier alpha value is -2.13. The predicted octanol–water partition coefficient (Wildman–Crippen LogP) is 4.52. The van der Waals surface area contributed by atoms with Crippen LogP contribution in [0.5, 0.6) is 0 Å². The maximum Gasteiger partial charge on any atom is 0.195 e. The summed E-state index contributed by atoms with van der Waals surface area (Å²) in [5.74, 6) is 0. The topological polar surface area (TPSA) is 17.3 Å². The van der Waals surface area contributed by atoms with E-state index < -0.39 is 0 Å². The highest BCUT2D eigenvalue weighted by Crippen LogP contribution is 2.31. The van der Waals surface area contributed by atoms with Crippen LogP contribution in [0.15, 0.2) is 54.7 Å². The van der Waals surface area contributed by atoms with Gasteiger partial charge in [0.05, 0.1) is 15.9 Å². The summed E-state index contributed by atoms with van der Waals surface area (Å²) in [6, 6.07) is 16.7. The molecule has 0 spiro atoms. The Morgan fingerprint density at radius 3 is 2.68 bits per heavy atom. The smallest absolute Gasteiger partial charge is 0.195 e. The molecule has 0 amide bonds. The molecule has 2 aromatic heterocycles. The van der Waals surface area contributed by atoms with Crippen molar-refractivity contribution >= 4 is 26.5 Å². The number of fused-ring (bicyclic) bond motifs is 3. The van der Waals surface area contributed by atoms with Crippen LogP contribution in [0.3, 0.4) is 0 Å². The van der Waals surface area contributed by atoms with Gasteiger partial charge in [-0.05, 0) is 18.6 Å². The van der Waals surface area contributed by atoms with Crippen LogP contribution in [0.4, 0.5) is 0 Å². The van der Waals surface area contributed by atoms with Gasteiger partial charge >= 0.3 is 0 Å². The van der Waals surface area contributed by atoms with Gasteiger partial charge in [0.2, 0.25) is 0 Å². The Balaban J connectivity index is 2.01. The molecule has 92 valence electrons. The maximum atomic E-state index is 4.74. The summed E-state index contributed by atoms with van der Waals surface area (Å²) in [6.45, 7) is 2.15. The van der Waals surface area contributed by atoms with Crippen molar-refractivity contribution in [1.82, 2.24) is 9.38 Å². The molecule has 0 N–H and O–H groups in total. The van der Waals surface area contributed by atoms with E-state index in [0.717, 1.165) is 10.7 Å². The summed E-state index contributed by atoms with van der Waals surface area (Å²) in [6.07, 6.45) is 2.13. The van der Waals surface area contributed by atoms with Crippen LogP contribution in [0.1, 0.15) is 5.56 Å². The summed E-state index contributed by atoms with van der Waals surface area (Å²) >= 11 is 1.76. The number of hydrogen-bond acceptors (Lipinski definition) is 2. The molecule has 0 unspecified atom stereocenters. The lowest BCUT2D eigenvalue weighted by Gasteiger charge is -1.95. The summed E-state index contributed by atoms with van der Waals surface area (Å²) in [5.41, 5.74) is 4.76. The predicted molar refractivity (Wildman–Crippen MR) is 80.7 cm³/mol. The summed E-state index contributed by atoms with van der Waals surface area (Å²) < 4.78 is 3.51. The molecule has 0 aliphatic heterocycles. The Morgan fingerprint density at radius 1 is 1.00 bits per heavy atom. The lowest BCUT2D eigenvalue weighted by molar-refractivity contribution is 1.29. The number of rotatable bonds is 1. The van der Waals surface area contributed by atoms with Crippen molar-refractivity contribution in [2.45, 2.75) is 6.92 Å². The normalized spacial score (nSPS) is 11.4. The molecule has 0 atom stereocenters. The summed E-state index contributed by atoms with van der Waals surface area (Å²) in [7, 11) is 0. The molecule has 4 aromatic rings. The van der Waals surface area contributed by atoms with Crippen molar-refractivity contribution in [3.63, 3.8) is 0 Å². The molecule has 0 fully saturated rings. The van der Waals surface area contributed by atoms with Gasteiger partial charge in [-0.25, -0.2) is 4.98 Å². The number of hydrogen-bond donors (Lipinski definition) is 0. The summed E-state index contributed by atoms with van der Waals surface area (Å²) in [4.78, 5) is 5.80.